The molecule has 0 aromatic heterocycles. The smallest absolute Gasteiger partial charge is 0.330 e. The maximum absolute atomic E-state index is 12.0. The normalized spacial score (nSPS) is 11.6. The maximum Gasteiger partial charge on any atom is 0.472 e. The van der Waals surface area contributed by atoms with E-state index in [1.807, 2.05) is 0 Å². The number of hydrogen-bond donors (Lipinski definition) is 2. The summed E-state index contributed by atoms with van der Waals surface area (Å²) >= 11 is 0. The van der Waals surface area contributed by atoms with Crippen molar-refractivity contribution in [2.24, 2.45) is 5.73 Å². The average molecular weight is 732 g/mol. The van der Waals surface area contributed by atoms with E-state index >= 15 is 0 Å². The Bertz CT molecular complexity index is 587. The topological polar surface area (TPSA) is 81.8 Å². The van der Waals surface area contributed by atoms with Crippen molar-refractivity contribution < 1.29 is 18.5 Å². The van der Waals surface area contributed by atoms with Crippen molar-refractivity contribution in [3.05, 3.63) is 0 Å². The van der Waals surface area contributed by atoms with Crippen LogP contribution in [0.3, 0.4) is 0 Å². The summed E-state index contributed by atoms with van der Waals surface area (Å²) in [7, 11) is -3.87. The Morgan fingerprint density at radius 2 is 0.520 bits per heavy atom. The minimum atomic E-state index is -3.87. The summed E-state index contributed by atoms with van der Waals surface area (Å²) in [5.74, 6) is 0. The molecule has 0 amide bonds. The van der Waals surface area contributed by atoms with Gasteiger partial charge in [-0.1, -0.05) is 245 Å². The minimum absolute atomic E-state index is 0.325. The first-order chi connectivity index (χ1) is 24.5. The largest absolute Gasteiger partial charge is 0.472 e. The summed E-state index contributed by atoms with van der Waals surface area (Å²) < 4.78 is 22.4. The molecule has 0 bridgehead atoms. The zero-order valence-electron chi connectivity index (χ0n) is 34.7. The molecule has 0 atom stereocenters. The van der Waals surface area contributed by atoms with Crippen molar-refractivity contribution >= 4 is 7.82 Å². The Hall–Kier alpha value is 0.0700. The Balaban J connectivity index is 0. The third-order valence-corrected chi connectivity index (χ3v) is 11.1. The van der Waals surface area contributed by atoms with Crippen LogP contribution in [0.25, 0.3) is 0 Å². The zero-order valence-corrected chi connectivity index (χ0v) is 35.6. The Morgan fingerprint density at radius 3 is 0.720 bits per heavy atom. The van der Waals surface area contributed by atoms with E-state index < -0.39 is 7.82 Å². The van der Waals surface area contributed by atoms with E-state index in [9.17, 15) is 9.46 Å². The van der Waals surface area contributed by atoms with Gasteiger partial charge < -0.3 is 10.6 Å². The standard InChI is InChI=1S/C36H75O4P.C8H19N/c1-3-5-7-9-11-13-15-17-19-21-23-25-27-29-31-33-35-39-41(37,38)40-36-34-32-30-28-26-24-22-20-18-16-14-12-10-8-6-4-2;1-2-3-4-5-6-7-8-9/h3-36H2,1-2H3,(H,37,38);2-9H2,1H3. The molecule has 0 saturated heterocycles. The number of phosphoric acid groups is 1. The van der Waals surface area contributed by atoms with Crippen LogP contribution >= 0.6 is 7.82 Å². The van der Waals surface area contributed by atoms with Gasteiger partial charge in [0.05, 0.1) is 13.2 Å². The zero-order chi connectivity index (χ0) is 36.9. The predicted molar refractivity (Wildman–Crippen MR) is 223 cm³/mol. The fourth-order valence-corrected chi connectivity index (χ4v) is 7.42. The number of phosphoric ester groups is 1. The molecule has 0 spiro atoms. The molecule has 3 N–H and O–H groups in total. The van der Waals surface area contributed by atoms with Gasteiger partial charge in [0, 0.05) is 0 Å². The van der Waals surface area contributed by atoms with Gasteiger partial charge in [-0.3, -0.25) is 9.05 Å². The van der Waals surface area contributed by atoms with E-state index in [1.165, 1.54) is 218 Å². The van der Waals surface area contributed by atoms with Gasteiger partial charge in [-0.25, -0.2) is 4.57 Å². The Labute approximate surface area is 315 Å². The predicted octanol–water partition coefficient (Wildman–Crippen LogP) is 15.9. The third-order valence-electron chi connectivity index (χ3n) is 10.1. The first kappa shape index (κ1) is 52.2. The van der Waals surface area contributed by atoms with Gasteiger partial charge in [0.2, 0.25) is 0 Å². The van der Waals surface area contributed by atoms with Crippen molar-refractivity contribution in [1.82, 2.24) is 0 Å². The monoisotopic (exact) mass is 732 g/mol. The van der Waals surface area contributed by atoms with Crippen LogP contribution in [-0.4, -0.2) is 24.7 Å². The van der Waals surface area contributed by atoms with E-state index in [-0.39, 0.29) is 0 Å². The van der Waals surface area contributed by atoms with Crippen LogP contribution in [0.2, 0.25) is 0 Å². The fourth-order valence-electron chi connectivity index (χ4n) is 6.62. The molecule has 0 aliphatic carbocycles. The second-order valence-corrected chi connectivity index (χ2v) is 16.8. The highest BCUT2D eigenvalue weighted by atomic mass is 31.2. The van der Waals surface area contributed by atoms with E-state index in [4.69, 9.17) is 14.8 Å². The quantitative estimate of drug-likeness (QED) is 0.0482. The molecule has 0 heterocycles. The molecule has 50 heavy (non-hydrogen) atoms. The van der Waals surface area contributed by atoms with Gasteiger partial charge in [-0.15, -0.1) is 0 Å². The maximum atomic E-state index is 12.0. The molecule has 0 rings (SSSR count). The lowest BCUT2D eigenvalue weighted by molar-refractivity contribution is 0.145. The average Bonchev–Trinajstić information content (AvgIpc) is 3.11. The van der Waals surface area contributed by atoms with E-state index in [0.717, 1.165) is 32.2 Å². The SMILES string of the molecule is CCCCCCCCCCCCCCCCCCOP(=O)(O)OCCCCCCCCCCCCCCCCCC.CCCCCCCCN. The fraction of sp³-hybridized carbons (Fsp3) is 1.00. The van der Waals surface area contributed by atoms with E-state index in [1.54, 1.807) is 0 Å². The van der Waals surface area contributed by atoms with Crippen LogP contribution in [0, 0.1) is 0 Å². The van der Waals surface area contributed by atoms with Crippen molar-refractivity contribution in [1.29, 1.82) is 0 Å². The number of hydrogen-bond acceptors (Lipinski definition) is 4. The van der Waals surface area contributed by atoms with Crippen LogP contribution in [0.5, 0.6) is 0 Å². The molecular weight excluding hydrogens is 637 g/mol. The van der Waals surface area contributed by atoms with Gasteiger partial charge in [0.15, 0.2) is 0 Å². The van der Waals surface area contributed by atoms with Crippen LogP contribution in [-0.2, 0) is 13.6 Å². The molecule has 0 aromatic rings. The second kappa shape index (κ2) is 47.1. The van der Waals surface area contributed by atoms with Crippen molar-refractivity contribution in [3.63, 3.8) is 0 Å². The molecule has 0 unspecified atom stereocenters. The van der Waals surface area contributed by atoms with Crippen molar-refractivity contribution in [2.45, 2.75) is 265 Å². The van der Waals surface area contributed by atoms with Crippen LogP contribution in [0.15, 0.2) is 0 Å². The van der Waals surface area contributed by atoms with E-state index in [2.05, 4.69) is 20.8 Å². The highest BCUT2D eigenvalue weighted by molar-refractivity contribution is 7.47. The van der Waals surface area contributed by atoms with Crippen LogP contribution < -0.4 is 5.73 Å². The van der Waals surface area contributed by atoms with Gasteiger partial charge in [-0.2, -0.15) is 0 Å². The molecule has 0 aliphatic rings. The molecule has 5 nitrogen and oxygen atoms in total. The lowest BCUT2D eigenvalue weighted by Gasteiger charge is -2.12. The molecule has 6 heteroatoms. The molecular formula is C44H94NO4P. The number of nitrogens with two attached hydrogens (primary N) is 1. The second-order valence-electron chi connectivity index (χ2n) is 15.3. The van der Waals surface area contributed by atoms with Crippen LogP contribution in [0.1, 0.15) is 265 Å². The van der Waals surface area contributed by atoms with E-state index in [0.29, 0.717) is 13.2 Å². The van der Waals surface area contributed by atoms with Gasteiger partial charge >= 0.3 is 7.82 Å². The van der Waals surface area contributed by atoms with Crippen LogP contribution in [0.4, 0.5) is 0 Å². The summed E-state index contributed by atoms with van der Waals surface area (Å²) in [4.78, 5) is 9.88. The molecule has 0 aliphatic heterocycles. The number of unbranched alkanes of at least 4 members (excludes halogenated alkanes) is 35. The lowest BCUT2D eigenvalue weighted by Crippen LogP contribution is -1.99. The Kier molecular flexibility index (Phi) is 49.1. The summed E-state index contributed by atoms with van der Waals surface area (Å²) in [6.45, 7) is 8.32. The summed E-state index contributed by atoms with van der Waals surface area (Å²) in [5.41, 5.74) is 5.34. The highest BCUT2D eigenvalue weighted by Crippen LogP contribution is 2.43. The third kappa shape index (κ3) is 50.2. The molecule has 0 aromatic carbocycles. The summed E-state index contributed by atoms with van der Waals surface area (Å²) in [5, 5.41) is 0. The lowest BCUT2D eigenvalue weighted by atomic mass is 10.0. The van der Waals surface area contributed by atoms with Gasteiger partial charge in [0.1, 0.15) is 0 Å². The molecule has 0 saturated carbocycles. The van der Waals surface area contributed by atoms with Gasteiger partial charge in [-0.05, 0) is 25.8 Å². The first-order valence-electron chi connectivity index (χ1n) is 22.9. The Morgan fingerprint density at radius 1 is 0.340 bits per heavy atom. The molecule has 0 radical (unpaired) electrons. The molecule has 0 fully saturated rings. The van der Waals surface area contributed by atoms with Crippen molar-refractivity contribution in [2.75, 3.05) is 19.8 Å². The summed E-state index contributed by atoms with van der Waals surface area (Å²) in [6, 6.07) is 0. The first-order valence-corrected chi connectivity index (χ1v) is 24.4. The van der Waals surface area contributed by atoms with Gasteiger partial charge in [0.25, 0.3) is 0 Å². The molecule has 304 valence electrons. The van der Waals surface area contributed by atoms with Crippen molar-refractivity contribution in [3.8, 4) is 0 Å². The summed E-state index contributed by atoms with van der Waals surface area (Å²) in [6.07, 6.45) is 50.3. The highest BCUT2D eigenvalue weighted by Gasteiger charge is 2.19. The number of rotatable bonds is 42. The minimum Gasteiger partial charge on any atom is -0.330 e.